The fraction of sp³-hybridized carbons (Fsp3) is 0.647. The van der Waals surface area contributed by atoms with Gasteiger partial charge in [-0.3, -0.25) is 0 Å². The van der Waals surface area contributed by atoms with Crippen LogP contribution in [0.4, 0.5) is 0 Å². The molecule has 98 valence electrons. The van der Waals surface area contributed by atoms with Crippen LogP contribution in [0.3, 0.4) is 0 Å². The normalized spacial score (nSPS) is 65.9. The molecule has 1 N–H and O–H groups in total. The molecule has 2 heteroatoms. The average molecular weight is 364 g/mol. The summed E-state index contributed by atoms with van der Waals surface area (Å²) in [5.74, 6) is 5.65. The molecule has 1 aromatic carbocycles. The fourth-order valence-electron chi connectivity index (χ4n) is 7.85. The second-order valence-electron chi connectivity index (χ2n) is 7.54. The molecule has 0 unspecified atom stereocenters. The van der Waals surface area contributed by atoms with Gasteiger partial charge in [0.25, 0.3) is 0 Å². The summed E-state index contributed by atoms with van der Waals surface area (Å²) in [4.78, 5) is 0. The van der Waals surface area contributed by atoms with Crippen LogP contribution in [-0.2, 0) is 5.41 Å². The molecular weight excluding hydrogens is 347 g/mol. The summed E-state index contributed by atoms with van der Waals surface area (Å²) in [6.45, 7) is 0. The van der Waals surface area contributed by atoms with Crippen LogP contribution in [-0.4, -0.2) is 15.1 Å². The van der Waals surface area contributed by atoms with Gasteiger partial charge in [-0.1, -0.05) is 52.9 Å². The maximum Gasteiger partial charge on any atom is 0.0614 e. The summed E-state index contributed by atoms with van der Waals surface area (Å²) in [6, 6.07) is 11.2. The van der Waals surface area contributed by atoms with E-state index in [0.717, 1.165) is 33.5 Å². The van der Waals surface area contributed by atoms with Crippen molar-refractivity contribution in [3.8, 4) is 0 Å². The van der Waals surface area contributed by atoms with E-state index >= 15 is 0 Å². The van der Waals surface area contributed by atoms with Gasteiger partial charge in [0.15, 0.2) is 0 Å². The molecule has 0 saturated heterocycles. The van der Waals surface area contributed by atoms with E-state index in [1.165, 1.54) is 6.42 Å². The number of alkyl halides is 1. The minimum atomic E-state index is 0.00923. The Morgan fingerprint density at radius 1 is 1.00 bits per heavy atom. The molecule has 0 aromatic heterocycles. The first-order valence-corrected chi connectivity index (χ1v) is 8.90. The van der Waals surface area contributed by atoms with Crippen molar-refractivity contribution in [2.75, 3.05) is 0 Å². The van der Waals surface area contributed by atoms with E-state index in [4.69, 9.17) is 0 Å². The van der Waals surface area contributed by atoms with E-state index in [9.17, 15) is 5.11 Å². The number of aliphatic hydroxyl groups is 1. The van der Waals surface area contributed by atoms with Gasteiger partial charge in [0.2, 0.25) is 0 Å². The summed E-state index contributed by atoms with van der Waals surface area (Å²) in [5.41, 5.74) is 1.88. The molecule has 6 saturated carbocycles. The van der Waals surface area contributed by atoms with E-state index in [1.54, 1.807) is 5.56 Å². The molecule has 1 nitrogen and oxygen atoms in total. The highest BCUT2D eigenvalue weighted by Crippen LogP contribution is 2.88. The van der Waals surface area contributed by atoms with Crippen molar-refractivity contribution < 1.29 is 5.11 Å². The lowest BCUT2D eigenvalue weighted by molar-refractivity contribution is 0.103. The van der Waals surface area contributed by atoms with Crippen molar-refractivity contribution in [2.45, 2.75) is 21.9 Å². The predicted octanol–water partition coefficient (Wildman–Crippen LogP) is 2.86. The van der Waals surface area contributed by atoms with E-state index in [2.05, 4.69) is 52.9 Å². The molecule has 10 atom stereocenters. The third-order valence-corrected chi connectivity index (χ3v) is 9.56. The minimum Gasteiger partial charge on any atom is -0.392 e. The lowest BCUT2D eigenvalue weighted by Gasteiger charge is -2.43. The lowest BCUT2D eigenvalue weighted by atomic mass is 9.61. The standard InChI is InChI=1S/C17H17IO/c18-16-11-9-6-8-10(11)14-15(19)12(8)13(9)17(14,16)7-4-2-1-3-5-7/h1-5,8-16,19H,6H2/t8-,9-,10+,11-,12-,13+,14+,15+,16+,17-/m0/s1. The molecule has 0 amide bonds. The summed E-state index contributed by atoms with van der Waals surface area (Å²) in [5, 5.41) is 10.8. The van der Waals surface area contributed by atoms with Crippen LogP contribution in [0, 0.1) is 41.4 Å². The number of hydrogen-bond donors (Lipinski definition) is 1. The van der Waals surface area contributed by atoms with Crippen molar-refractivity contribution in [3.63, 3.8) is 0 Å². The number of aliphatic hydroxyl groups excluding tert-OH is 1. The van der Waals surface area contributed by atoms with Crippen LogP contribution in [0.1, 0.15) is 12.0 Å². The van der Waals surface area contributed by atoms with Gasteiger partial charge in [-0.2, -0.15) is 0 Å². The quantitative estimate of drug-likeness (QED) is 0.600. The molecule has 6 fully saturated rings. The lowest BCUT2D eigenvalue weighted by Crippen LogP contribution is -2.43. The Labute approximate surface area is 126 Å². The van der Waals surface area contributed by atoms with Crippen LogP contribution >= 0.6 is 22.6 Å². The average Bonchev–Trinajstić information content (AvgIpc) is 3.15. The highest BCUT2D eigenvalue weighted by atomic mass is 127. The summed E-state index contributed by atoms with van der Waals surface area (Å²) in [7, 11) is 0. The molecule has 6 aliphatic carbocycles. The number of hydrogen-bond acceptors (Lipinski definition) is 1. The van der Waals surface area contributed by atoms with E-state index in [0.29, 0.717) is 17.3 Å². The Bertz CT molecular complexity index is 582. The summed E-state index contributed by atoms with van der Waals surface area (Å²) in [6.07, 6.45) is 1.45. The van der Waals surface area contributed by atoms with Crippen LogP contribution in [0.25, 0.3) is 0 Å². The maximum absolute atomic E-state index is 10.8. The highest BCUT2D eigenvalue weighted by Gasteiger charge is 2.88. The zero-order valence-electron chi connectivity index (χ0n) is 10.6. The topological polar surface area (TPSA) is 20.2 Å². The smallest absolute Gasteiger partial charge is 0.0614 e. The Balaban J connectivity index is 1.68. The predicted molar refractivity (Wildman–Crippen MR) is 81.0 cm³/mol. The second kappa shape index (κ2) is 2.92. The van der Waals surface area contributed by atoms with Gasteiger partial charge in [0, 0.05) is 9.34 Å². The molecule has 7 rings (SSSR count). The number of rotatable bonds is 1. The Kier molecular flexibility index (Phi) is 1.63. The van der Waals surface area contributed by atoms with Gasteiger partial charge in [-0.25, -0.2) is 0 Å². The van der Waals surface area contributed by atoms with Crippen molar-refractivity contribution in [2.24, 2.45) is 41.4 Å². The first-order valence-electron chi connectivity index (χ1n) is 7.65. The fourth-order valence-corrected chi connectivity index (χ4v) is 10.1. The van der Waals surface area contributed by atoms with E-state index in [1.807, 2.05) is 0 Å². The molecule has 0 aliphatic heterocycles. The molecular formula is C17H17IO. The first-order chi connectivity index (χ1) is 9.28. The van der Waals surface area contributed by atoms with E-state index in [-0.39, 0.29) is 6.10 Å². The Morgan fingerprint density at radius 2 is 1.79 bits per heavy atom. The van der Waals surface area contributed by atoms with Crippen LogP contribution in [0.5, 0.6) is 0 Å². The van der Waals surface area contributed by atoms with Crippen molar-refractivity contribution in [1.82, 2.24) is 0 Å². The van der Waals surface area contributed by atoms with Gasteiger partial charge in [-0.15, -0.1) is 0 Å². The summed E-state index contributed by atoms with van der Waals surface area (Å²) >= 11 is 2.76. The molecule has 1 aromatic rings. The van der Waals surface area contributed by atoms with Gasteiger partial charge in [-0.05, 0) is 53.4 Å². The SMILES string of the molecule is O[C@@H]1[C@H]2[C@H]3C[C@H]4[C@H]5[C@@H]3[C@H]1[C@](c1ccccc1)([C@H]42)[C@@H]5I. The van der Waals surface area contributed by atoms with Gasteiger partial charge in [0.1, 0.15) is 0 Å². The molecule has 6 aliphatic rings. The Morgan fingerprint density at radius 3 is 2.58 bits per heavy atom. The molecule has 0 spiro atoms. The third kappa shape index (κ3) is 0.787. The molecule has 6 bridgehead atoms. The summed E-state index contributed by atoms with van der Waals surface area (Å²) < 4.78 is 0.768. The minimum absolute atomic E-state index is 0.00923. The third-order valence-electron chi connectivity index (χ3n) is 7.70. The van der Waals surface area contributed by atoms with Gasteiger partial charge >= 0.3 is 0 Å². The van der Waals surface area contributed by atoms with Crippen molar-refractivity contribution in [1.29, 1.82) is 0 Å². The maximum atomic E-state index is 10.8. The zero-order chi connectivity index (χ0) is 12.5. The number of benzene rings is 1. The highest BCUT2D eigenvalue weighted by molar-refractivity contribution is 14.1. The molecule has 19 heavy (non-hydrogen) atoms. The zero-order valence-corrected chi connectivity index (χ0v) is 12.8. The van der Waals surface area contributed by atoms with Gasteiger partial charge < -0.3 is 5.11 Å². The molecule has 0 heterocycles. The van der Waals surface area contributed by atoms with Crippen LogP contribution < -0.4 is 0 Å². The van der Waals surface area contributed by atoms with E-state index < -0.39 is 0 Å². The van der Waals surface area contributed by atoms with Crippen molar-refractivity contribution in [3.05, 3.63) is 35.9 Å². The van der Waals surface area contributed by atoms with Crippen LogP contribution in [0.15, 0.2) is 30.3 Å². The second-order valence-corrected chi connectivity index (χ2v) is 8.88. The first kappa shape index (κ1) is 10.6. The number of halogens is 1. The van der Waals surface area contributed by atoms with Crippen LogP contribution in [0.2, 0.25) is 0 Å². The monoisotopic (exact) mass is 364 g/mol. The largest absolute Gasteiger partial charge is 0.392 e. The van der Waals surface area contributed by atoms with Gasteiger partial charge in [0.05, 0.1) is 6.10 Å². The Hall–Kier alpha value is -0.0900. The van der Waals surface area contributed by atoms with Crippen molar-refractivity contribution >= 4 is 22.6 Å². The molecule has 0 radical (unpaired) electrons.